The molecule has 1 nitrogen and oxygen atoms in total. The van der Waals surface area contributed by atoms with E-state index >= 15 is 0 Å². The van der Waals surface area contributed by atoms with Gasteiger partial charge < -0.3 is 0 Å². The van der Waals surface area contributed by atoms with E-state index in [4.69, 9.17) is 0 Å². The first-order valence-electron chi connectivity index (χ1n) is 2.86. The monoisotopic (exact) mass is 98.1 g/mol. The normalized spacial score (nSPS) is 38.6. The maximum Gasteiger partial charge on any atom is 0.0195 e. The van der Waals surface area contributed by atoms with E-state index in [-0.39, 0.29) is 0 Å². The highest BCUT2D eigenvalue weighted by Crippen LogP contribution is 2.14. The van der Waals surface area contributed by atoms with E-state index in [2.05, 4.69) is 25.2 Å². The SMILES string of the molecule is C[CH]CN1CC1C. The molecule has 7 heavy (non-hydrogen) atoms. The average molecular weight is 98.2 g/mol. The van der Waals surface area contributed by atoms with Gasteiger partial charge in [-0.1, -0.05) is 6.92 Å². The molecule has 1 aliphatic rings. The van der Waals surface area contributed by atoms with Crippen molar-refractivity contribution in [2.75, 3.05) is 13.1 Å². The zero-order valence-electron chi connectivity index (χ0n) is 5.02. The van der Waals surface area contributed by atoms with Gasteiger partial charge in [-0.2, -0.15) is 0 Å². The topological polar surface area (TPSA) is 3.01 Å². The molecule has 1 aliphatic heterocycles. The fourth-order valence-corrected chi connectivity index (χ4v) is 0.781. The van der Waals surface area contributed by atoms with Crippen molar-refractivity contribution in [1.82, 2.24) is 4.90 Å². The molecule has 0 spiro atoms. The van der Waals surface area contributed by atoms with Crippen molar-refractivity contribution in [2.24, 2.45) is 0 Å². The zero-order valence-corrected chi connectivity index (χ0v) is 5.02. The van der Waals surface area contributed by atoms with E-state index in [0.717, 1.165) is 6.04 Å². The largest absolute Gasteiger partial charge is 0.298 e. The molecular formula is C6H12N. The Kier molecular flexibility index (Phi) is 1.33. The predicted molar refractivity (Wildman–Crippen MR) is 31.0 cm³/mol. The molecule has 41 valence electrons. The number of hydrogen-bond acceptors (Lipinski definition) is 1. The van der Waals surface area contributed by atoms with Crippen molar-refractivity contribution >= 4 is 0 Å². The minimum atomic E-state index is 0.871. The molecule has 0 aromatic carbocycles. The van der Waals surface area contributed by atoms with Crippen LogP contribution in [0.4, 0.5) is 0 Å². The zero-order chi connectivity index (χ0) is 5.28. The molecule has 1 heterocycles. The summed E-state index contributed by atoms with van der Waals surface area (Å²) in [4.78, 5) is 2.42. The first-order chi connectivity index (χ1) is 3.34. The van der Waals surface area contributed by atoms with E-state index in [9.17, 15) is 0 Å². The van der Waals surface area contributed by atoms with E-state index < -0.39 is 0 Å². The van der Waals surface area contributed by atoms with Crippen LogP contribution >= 0.6 is 0 Å². The fourth-order valence-electron chi connectivity index (χ4n) is 0.781. The smallest absolute Gasteiger partial charge is 0.0195 e. The van der Waals surface area contributed by atoms with Crippen LogP contribution in [0.3, 0.4) is 0 Å². The number of hydrogen-bond donors (Lipinski definition) is 0. The van der Waals surface area contributed by atoms with Crippen LogP contribution in [0.25, 0.3) is 0 Å². The molecule has 0 aromatic heterocycles. The van der Waals surface area contributed by atoms with Gasteiger partial charge in [0.25, 0.3) is 0 Å². The third-order valence-corrected chi connectivity index (χ3v) is 1.41. The number of nitrogens with zero attached hydrogens (tertiary/aromatic N) is 1. The lowest BCUT2D eigenvalue weighted by atomic mass is 10.5. The van der Waals surface area contributed by atoms with Crippen molar-refractivity contribution in [3.8, 4) is 0 Å². The summed E-state index contributed by atoms with van der Waals surface area (Å²) >= 11 is 0. The molecule has 1 radical (unpaired) electrons. The Hall–Kier alpha value is -0.0400. The summed E-state index contributed by atoms with van der Waals surface area (Å²) in [6, 6.07) is 0.871. The average Bonchev–Trinajstić information content (AvgIpc) is 2.22. The lowest BCUT2D eigenvalue weighted by Gasteiger charge is -1.92. The maximum atomic E-state index is 2.42. The van der Waals surface area contributed by atoms with Crippen molar-refractivity contribution in [3.63, 3.8) is 0 Å². The van der Waals surface area contributed by atoms with Gasteiger partial charge in [-0.15, -0.1) is 0 Å². The van der Waals surface area contributed by atoms with E-state index in [0.29, 0.717) is 0 Å². The summed E-state index contributed by atoms with van der Waals surface area (Å²) in [6.07, 6.45) is 2.20. The Balaban J connectivity index is 1.98. The first-order valence-corrected chi connectivity index (χ1v) is 2.86. The Morgan fingerprint density at radius 1 is 1.86 bits per heavy atom. The molecule has 1 saturated heterocycles. The molecule has 0 aromatic rings. The molecule has 1 heteroatoms. The molecule has 0 bridgehead atoms. The van der Waals surface area contributed by atoms with Crippen LogP contribution in [-0.4, -0.2) is 24.0 Å². The van der Waals surface area contributed by atoms with Crippen LogP contribution in [0.5, 0.6) is 0 Å². The Morgan fingerprint density at radius 3 is 2.57 bits per heavy atom. The van der Waals surface area contributed by atoms with Gasteiger partial charge in [-0.3, -0.25) is 4.90 Å². The summed E-state index contributed by atoms with van der Waals surface area (Å²) in [5, 5.41) is 0. The van der Waals surface area contributed by atoms with Gasteiger partial charge in [0.1, 0.15) is 0 Å². The maximum absolute atomic E-state index is 2.42. The summed E-state index contributed by atoms with van der Waals surface area (Å²) in [6.45, 7) is 6.85. The van der Waals surface area contributed by atoms with Crippen molar-refractivity contribution in [3.05, 3.63) is 6.42 Å². The van der Waals surface area contributed by atoms with E-state index in [1.807, 2.05) is 0 Å². The predicted octanol–water partition coefficient (Wildman–Crippen LogP) is 0.915. The summed E-state index contributed by atoms with van der Waals surface area (Å²) in [5.41, 5.74) is 0. The van der Waals surface area contributed by atoms with Crippen LogP contribution in [0.2, 0.25) is 0 Å². The van der Waals surface area contributed by atoms with Crippen LogP contribution in [0.1, 0.15) is 13.8 Å². The summed E-state index contributed by atoms with van der Waals surface area (Å²) in [7, 11) is 0. The Morgan fingerprint density at radius 2 is 2.43 bits per heavy atom. The molecule has 2 atom stereocenters. The van der Waals surface area contributed by atoms with Crippen LogP contribution in [0, 0.1) is 6.42 Å². The molecule has 0 amide bonds. The highest BCUT2D eigenvalue weighted by molar-refractivity contribution is 4.86. The second-order valence-electron chi connectivity index (χ2n) is 2.21. The van der Waals surface area contributed by atoms with Crippen molar-refractivity contribution < 1.29 is 0 Å². The van der Waals surface area contributed by atoms with Crippen molar-refractivity contribution in [1.29, 1.82) is 0 Å². The highest BCUT2D eigenvalue weighted by atomic mass is 15.3. The fraction of sp³-hybridized carbons (Fsp3) is 0.833. The highest BCUT2D eigenvalue weighted by Gasteiger charge is 2.26. The van der Waals surface area contributed by atoms with Gasteiger partial charge in [0.15, 0.2) is 0 Å². The van der Waals surface area contributed by atoms with Crippen LogP contribution < -0.4 is 0 Å². The Labute approximate surface area is 45.3 Å². The summed E-state index contributed by atoms with van der Waals surface area (Å²) in [5.74, 6) is 0. The third-order valence-electron chi connectivity index (χ3n) is 1.41. The molecule has 1 fully saturated rings. The second kappa shape index (κ2) is 1.83. The Bertz CT molecular complexity index is 61.2. The molecule has 0 saturated carbocycles. The van der Waals surface area contributed by atoms with E-state index in [1.165, 1.54) is 13.1 Å². The number of rotatable bonds is 2. The molecule has 2 unspecified atom stereocenters. The van der Waals surface area contributed by atoms with Gasteiger partial charge in [-0.25, -0.2) is 0 Å². The second-order valence-corrected chi connectivity index (χ2v) is 2.21. The van der Waals surface area contributed by atoms with E-state index in [1.54, 1.807) is 0 Å². The standard InChI is InChI=1S/C6H12N/c1-3-4-7-5-6(7)2/h3,6H,4-5H2,1-2H3. The molecular weight excluding hydrogens is 86.1 g/mol. The first kappa shape index (κ1) is 5.10. The van der Waals surface area contributed by atoms with Crippen LogP contribution in [-0.2, 0) is 0 Å². The van der Waals surface area contributed by atoms with Crippen LogP contribution in [0.15, 0.2) is 0 Å². The van der Waals surface area contributed by atoms with Gasteiger partial charge in [0.2, 0.25) is 0 Å². The molecule has 1 rings (SSSR count). The van der Waals surface area contributed by atoms with Crippen molar-refractivity contribution in [2.45, 2.75) is 19.9 Å². The summed E-state index contributed by atoms with van der Waals surface area (Å²) < 4.78 is 0. The quantitative estimate of drug-likeness (QED) is 0.464. The lowest BCUT2D eigenvalue weighted by molar-refractivity contribution is 0.560. The lowest BCUT2D eigenvalue weighted by Crippen LogP contribution is -1.99. The third kappa shape index (κ3) is 1.16. The molecule has 0 N–H and O–H groups in total. The minimum Gasteiger partial charge on any atom is -0.298 e. The molecule has 0 aliphatic carbocycles. The van der Waals surface area contributed by atoms with Gasteiger partial charge in [0, 0.05) is 19.1 Å². The van der Waals surface area contributed by atoms with Gasteiger partial charge in [0.05, 0.1) is 0 Å². The van der Waals surface area contributed by atoms with Gasteiger partial charge in [-0.05, 0) is 13.3 Å². The van der Waals surface area contributed by atoms with Gasteiger partial charge >= 0.3 is 0 Å². The minimum absolute atomic E-state index is 0.871.